The normalized spacial score (nSPS) is 10.1. The van der Waals surface area contributed by atoms with E-state index < -0.39 is 0 Å². The van der Waals surface area contributed by atoms with Crippen LogP contribution in [0.25, 0.3) is 0 Å². The molecular formula is C36H33NiO2P3. The molecule has 0 N–H and O–H groups in total. The van der Waals surface area contributed by atoms with Crippen molar-refractivity contribution in [2.45, 2.75) is 0 Å². The van der Waals surface area contributed by atoms with Gasteiger partial charge in [0, 0.05) is 16.5 Å². The van der Waals surface area contributed by atoms with Gasteiger partial charge in [-0.25, -0.2) is 0 Å². The summed E-state index contributed by atoms with van der Waals surface area (Å²) in [7, 11) is -0.982. The summed E-state index contributed by atoms with van der Waals surface area (Å²) in [5.74, 6) is 0. The van der Waals surface area contributed by atoms with Gasteiger partial charge < -0.3 is 0 Å². The summed E-state index contributed by atoms with van der Waals surface area (Å²) >= 11 is 0. The van der Waals surface area contributed by atoms with Gasteiger partial charge in [0.2, 0.25) is 0 Å². The third-order valence-electron chi connectivity index (χ3n) is 6.58. The first kappa shape index (κ1) is 35.6. The quantitative estimate of drug-likeness (QED) is 0.0642. The molecule has 2 nitrogen and oxygen atoms in total. The fourth-order valence-electron chi connectivity index (χ4n) is 4.70. The largest absolute Gasteiger partial charge is 0.0746 e. The van der Waals surface area contributed by atoms with Crippen LogP contribution in [-0.2, 0) is 25.8 Å². The number of rotatable bonds is 11. The second-order valence-corrected chi connectivity index (χ2v) is 16.1. The zero-order valence-corrected chi connectivity index (χ0v) is 26.9. The van der Waals surface area contributed by atoms with Crippen molar-refractivity contribution in [2.75, 3.05) is 24.6 Å². The zero-order chi connectivity index (χ0) is 29.1. The first-order valence-electron chi connectivity index (χ1n) is 13.3. The topological polar surface area (TPSA) is 39.8 Å². The maximum absolute atomic E-state index is 7.50. The summed E-state index contributed by atoms with van der Waals surface area (Å²) in [6, 6.07) is 56.0. The molecule has 0 fully saturated rings. The van der Waals surface area contributed by atoms with Crippen molar-refractivity contribution < 1.29 is 25.8 Å². The van der Waals surface area contributed by atoms with E-state index in [2.05, 4.69) is 165 Å². The van der Waals surface area contributed by atoms with E-state index >= 15 is 0 Å². The molecule has 0 saturated heterocycles. The van der Waals surface area contributed by atoms with Gasteiger partial charge in [0.1, 0.15) is 0 Å². The Morgan fingerprint density at radius 1 is 0.333 bits per heavy atom. The van der Waals surface area contributed by atoms with Crippen LogP contribution in [0.2, 0.25) is 0 Å². The Morgan fingerprint density at radius 2 is 0.548 bits per heavy atom. The van der Waals surface area contributed by atoms with Crippen LogP contribution in [0, 0.1) is 13.3 Å². The zero-order valence-electron chi connectivity index (χ0n) is 23.2. The first-order chi connectivity index (χ1) is 20.4. The van der Waals surface area contributed by atoms with Crippen LogP contribution < -0.4 is 26.5 Å². The van der Waals surface area contributed by atoms with Gasteiger partial charge in [0.15, 0.2) is 0 Å². The van der Waals surface area contributed by atoms with Gasteiger partial charge in [0.05, 0.1) is 0 Å². The molecule has 0 heterocycles. The molecule has 0 radical (unpaired) electrons. The molecule has 0 amide bonds. The first-order valence-corrected chi connectivity index (χ1v) is 18.1. The Hall–Kier alpha value is -2.64. The Labute approximate surface area is 264 Å². The average molecular weight is 649 g/mol. The summed E-state index contributed by atoms with van der Waals surface area (Å²) in [5, 5.41) is 7.50. The molecule has 0 aliphatic carbocycles. The van der Waals surface area contributed by atoms with E-state index in [9.17, 15) is 0 Å². The van der Waals surface area contributed by atoms with Gasteiger partial charge in [0.25, 0.3) is 0 Å². The van der Waals surface area contributed by atoms with Crippen molar-refractivity contribution in [1.82, 2.24) is 0 Å². The summed E-state index contributed by atoms with van der Waals surface area (Å²) in [6.45, 7) is 9.00. The van der Waals surface area contributed by atoms with Crippen molar-refractivity contribution in [1.29, 1.82) is 0 Å². The molecule has 214 valence electrons. The Morgan fingerprint density at radius 3 is 0.786 bits per heavy atom. The Bertz CT molecular complexity index is 1250. The average Bonchev–Trinajstić information content (AvgIpc) is 3.08. The smallest absolute Gasteiger partial charge is 0 e. The van der Waals surface area contributed by atoms with Gasteiger partial charge in [-0.05, 0) is 67.0 Å². The molecule has 0 bridgehead atoms. The SMILES string of the molecule is [C-]#[O+].[C-]#[O+].[Ni].c1ccc(P(CCP(c2ccccc2)c2ccccc2)CCP(c2ccccc2)c2ccccc2)cc1. The van der Waals surface area contributed by atoms with E-state index in [1.165, 1.54) is 45.9 Å². The van der Waals surface area contributed by atoms with Crippen LogP contribution in [0.5, 0.6) is 0 Å². The second-order valence-electron chi connectivity index (χ2n) is 8.97. The van der Waals surface area contributed by atoms with E-state index in [4.69, 9.17) is 9.30 Å². The molecule has 0 unspecified atom stereocenters. The van der Waals surface area contributed by atoms with Gasteiger partial charge >= 0.3 is 22.6 Å². The molecule has 0 saturated carbocycles. The minimum atomic E-state index is -0.366. The summed E-state index contributed by atoms with van der Waals surface area (Å²) in [4.78, 5) is 0. The van der Waals surface area contributed by atoms with Crippen LogP contribution in [0.1, 0.15) is 0 Å². The van der Waals surface area contributed by atoms with E-state index in [1.807, 2.05) is 0 Å². The molecular weight excluding hydrogens is 616 g/mol. The van der Waals surface area contributed by atoms with Crippen molar-refractivity contribution >= 4 is 50.3 Å². The third-order valence-corrected chi connectivity index (χ3v) is 14.9. The predicted molar refractivity (Wildman–Crippen MR) is 178 cm³/mol. The van der Waals surface area contributed by atoms with Crippen molar-refractivity contribution in [3.05, 3.63) is 165 Å². The van der Waals surface area contributed by atoms with Gasteiger partial charge in [-0.15, -0.1) is 0 Å². The monoisotopic (exact) mass is 648 g/mol. The van der Waals surface area contributed by atoms with E-state index in [1.54, 1.807) is 5.30 Å². The van der Waals surface area contributed by atoms with Crippen LogP contribution in [0.4, 0.5) is 0 Å². The summed E-state index contributed by atoms with van der Waals surface area (Å²) in [5.41, 5.74) is 0. The molecule has 0 spiro atoms. The van der Waals surface area contributed by atoms with E-state index in [-0.39, 0.29) is 40.3 Å². The molecule has 0 aliphatic rings. The maximum Gasteiger partial charge on any atom is 0 e. The fourth-order valence-corrected chi connectivity index (χ4v) is 13.3. The minimum Gasteiger partial charge on any atom is -0.0746 e. The van der Waals surface area contributed by atoms with E-state index in [0.29, 0.717) is 0 Å². The van der Waals surface area contributed by atoms with Crippen LogP contribution in [-0.4, -0.2) is 24.6 Å². The molecule has 6 heteroatoms. The van der Waals surface area contributed by atoms with Crippen LogP contribution >= 0.6 is 23.8 Å². The maximum atomic E-state index is 7.50. The second kappa shape index (κ2) is 21.1. The predicted octanol–water partition coefficient (Wildman–Crippen LogP) is 6.98. The van der Waals surface area contributed by atoms with Gasteiger partial charge in [-0.1, -0.05) is 160 Å². The number of hydrogen-bond donors (Lipinski definition) is 0. The minimum absolute atomic E-state index is 0. The third kappa shape index (κ3) is 10.9. The van der Waals surface area contributed by atoms with Crippen LogP contribution in [0.3, 0.4) is 0 Å². The van der Waals surface area contributed by atoms with E-state index in [0.717, 1.165) is 0 Å². The van der Waals surface area contributed by atoms with Crippen molar-refractivity contribution in [3.63, 3.8) is 0 Å². The summed E-state index contributed by atoms with van der Waals surface area (Å²) in [6.07, 6.45) is 5.00. The molecule has 5 aromatic rings. The molecule has 5 rings (SSSR count). The van der Waals surface area contributed by atoms with Gasteiger partial charge in [-0.3, -0.25) is 0 Å². The molecule has 0 aromatic heterocycles. The fraction of sp³-hybridized carbons (Fsp3) is 0.111. The number of hydrogen-bond acceptors (Lipinski definition) is 0. The Balaban J connectivity index is 0.00000118. The standard InChI is InChI=1S/C34H33P3.2CO.Ni/c1-6-16-30(17-7-1)35(26-28-36(31-18-8-2-9-19-31)32-20-10-3-11-21-32)27-29-37(33-22-12-4-13-23-33)34-24-14-5-15-25-34;2*1-2;/h1-25H,26-29H2;;;. The summed E-state index contributed by atoms with van der Waals surface area (Å²) < 4.78 is 15.0. The molecule has 0 aliphatic heterocycles. The molecule has 0 atom stereocenters. The van der Waals surface area contributed by atoms with Gasteiger partial charge in [-0.2, -0.15) is 0 Å². The van der Waals surface area contributed by atoms with Crippen LogP contribution in [0.15, 0.2) is 152 Å². The molecule has 42 heavy (non-hydrogen) atoms. The van der Waals surface area contributed by atoms with Crippen molar-refractivity contribution in [2.24, 2.45) is 0 Å². The Kier molecular flexibility index (Phi) is 17.9. The van der Waals surface area contributed by atoms with Crippen molar-refractivity contribution in [3.8, 4) is 0 Å². The number of benzene rings is 5. The molecule has 5 aromatic carbocycles.